The van der Waals surface area contributed by atoms with Crippen LogP contribution in [0.15, 0.2) is 79.0 Å². The first-order valence-electron chi connectivity index (χ1n) is 13.9. The van der Waals surface area contributed by atoms with Crippen LogP contribution in [0.4, 0.5) is 36.8 Å². The van der Waals surface area contributed by atoms with E-state index in [0.29, 0.717) is 25.1 Å². The van der Waals surface area contributed by atoms with Crippen LogP contribution in [-0.4, -0.2) is 46.4 Å². The molecule has 1 heterocycles. The monoisotopic (exact) mass is 618 g/mol. The molecule has 3 aromatic carbocycles. The number of para-hydroxylation sites is 1. The second-order valence-electron chi connectivity index (χ2n) is 10.9. The Morgan fingerprint density at radius 1 is 0.841 bits per heavy atom. The summed E-state index contributed by atoms with van der Waals surface area (Å²) in [6.45, 7) is 3.68. The standard InChI is InChI=1S/C32H32F6N4O2/c1-21(2)18-42(30(44)40-26-15-24(31(33,34)35)14-25(16-26)32(36,37)38)20-29(43)41(19-22-8-4-3-5-9-22)13-12-23-17-39-28-11-7-6-10-27(23)28/h3-11,14-17,21,39H,12-13,18-20H2,1-2H3,(H,40,44). The zero-order valence-electron chi connectivity index (χ0n) is 24.1. The van der Waals surface area contributed by atoms with Crippen molar-refractivity contribution in [3.63, 3.8) is 0 Å². The fraction of sp³-hybridized carbons (Fsp3) is 0.312. The van der Waals surface area contributed by atoms with Crippen molar-refractivity contribution in [1.82, 2.24) is 14.8 Å². The van der Waals surface area contributed by atoms with Crippen molar-refractivity contribution in [2.45, 2.75) is 39.2 Å². The summed E-state index contributed by atoms with van der Waals surface area (Å²) in [6.07, 6.45) is -7.77. The molecular weight excluding hydrogens is 586 g/mol. The van der Waals surface area contributed by atoms with Gasteiger partial charge in [-0.3, -0.25) is 4.79 Å². The van der Waals surface area contributed by atoms with Gasteiger partial charge in [0.2, 0.25) is 5.91 Å². The molecule has 12 heteroatoms. The van der Waals surface area contributed by atoms with E-state index in [1.807, 2.05) is 60.8 Å². The van der Waals surface area contributed by atoms with Crippen molar-refractivity contribution in [2.75, 3.05) is 25.0 Å². The van der Waals surface area contributed by atoms with E-state index in [0.717, 1.165) is 26.9 Å². The minimum absolute atomic E-state index is 0.0137. The number of carbonyl (C=O) groups is 2. The predicted molar refractivity (Wildman–Crippen MR) is 156 cm³/mol. The Kier molecular flexibility index (Phi) is 9.91. The van der Waals surface area contributed by atoms with E-state index in [1.54, 1.807) is 18.7 Å². The zero-order chi connectivity index (χ0) is 32.1. The summed E-state index contributed by atoms with van der Waals surface area (Å²) in [5.74, 6) is -0.584. The average Bonchev–Trinajstić information content (AvgIpc) is 3.37. The fourth-order valence-corrected chi connectivity index (χ4v) is 4.84. The molecule has 4 aromatic rings. The number of H-pyrrole nitrogens is 1. The Bertz CT molecular complexity index is 1550. The van der Waals surface area contributed by atoms with Crippen LogP contribution in [-0.2, 0) is 30.1 Å². The number of nitrogens with zero attached hydrogens (tertiary/aromatic N) is 2. The van der Waals surface area contributed by atoms with Crippen molar-refractivity contribution in [2.24, 2.45) is 5.92 Å². The quantitative estimate of drug-likeness (QED) is 0.177. The largest absolute Gasteiger partial charge is 0.416 e. The van der Waals surface area contributed by atoms with Crippen LogP contribution in [0, 0.1) is 5.92 Å². The van der Waals surface area contributed by atoms with Gasteiger partial charge in [-0.25, -0.2) is 4.79 Å². The van der Waals surface area contributed by atoms with Gasteiger partial charge in [-0.15, -0.1) is 0 Å². The van der Waals surface area contributed by atoms with E-state index in [9.17, 15) is 35.9 Å². The third-order valence-electron chi connectivity index (χ3n) is 6.93. The number of urea groups is 1. The molecule has 234 valence electrons. The maximum Gasteiger partial charge on any atom is 0.416 e. The smallest absolute Gasteiger partial charge is 0.361 e. The lowest BCUT2D eigenvalue weighted by Gasteiger charge is -2.29. The molecule has 0 fully saturated rings. The molecule has 0 radical (unpaired) electrons. The first-order valence-corrected chi connectivity index (χ1v) is 13.9. The zero-order valence-corrected chi connectivity index (χ0v) is 24.1. The van der Waals surface area contributed by atoms with E-state index in [4.69, 9.17) is 0 Å². The Morgan fingerprint density at radius 2 is 1.45 bits per heavy atom. The number of aromatic nitrogens is 1. The molecule has 0 atom stereocenters. The van der Waals surface area contributed by atoms with Crippen LogP contribution in [0.3, 0.4) is 0 Å². The molecule has 4 rings (SSSR count). The van der Waals surface area contributed by atoms with Crippen LogP contribution in [0.5, 0.6) is 0 Å². The van der Waals surface area contributed by atoms with Crippen molar-refractivity contribution in [1.29, 1.82) is 0 Å². The van der Waals surface area contributed by atoms with Crippen LogP contribution >= 0.6 is 0 Å². The van der Waals surface area contributed by atoms with Crippen LogP contribution in [0.1, 0.15) is 36.1 Å². The van der Waals surface area contributed by atoms with E-state index in [1.165, 1.54) is 0 Å². The molecule has 0 aliphatic heterocycles. The van der Waals surface area contributed by atoms with Gasteiger partial charge in [0.15, 0.2) is 0 Å². The average molecular weight is 619 g/mol. The number of hydrogen-bond donors (Lipinski definition) is 2. The Hall–Kier alpha value is -4.48. The number of amides is 3. The maximum atomic E-state index is 13.7. The number of carbonyl (C=O) groups excluding carboxylic acids is 2. The van der Waals surface area contributed by atoms with Gasteiger partial charge in [-0.2, -0.15) is 26.3 Å². The van der Waals surface area contributed by atoms with E-state index in [2.05, 4.69) is 10.3 Å². The highest BCUT2D eigenvalue weighted by atomic mass is 19.4. The molecule has 1 aromatic heterocycles. The number of rotatable bonds is 10. The number of fused-ring (bicyclic) bond motifs is 1. The van der Waals surface area contributed by atoms with Crippen molar-refractivity contribution < 1.29 is 35.9 Å². The van der Waals surface area contributed by atoms with E-state index in [-0.39, 0.29) is 25.1 Å². The minimum atomic E-state index is -5.07. The van der Waals surface area contributed by atoms with Crippen LogP contribution in [0.2, 0.25) is 0 Å². The van der Waals surface area contributed by atoms with E-state index >= 15 is 0 Å². The summed E-state index contributed by atoms with van der Waals surface area (Å²) >= 11 is 0. The van der Waals surface area contributed by atoms with Gasteiger partial charge in [0, 0.05) is 42.4 Å². The van der Waals surface area contributed by atoms with Crippen molar-refractivity contribution in [3.05, 3.63) is 101 Å². The summed E-state index contributed by atoms with van der Waals surface area (Å²) < 4.78 is 80.2. The maximum absolute atomic E-state index is 13.7. The molecule has 0 spiro atoms. The number of anilines is 1. The normalized spacial score (nSPS) is 12.0. The molecular formula is C32H32F6N4O2. The SMILES string of the molecule is CC(C)CN(CC(=O)N(CCc1c[nH]c2ccccc12)Cc1ccccc1)C(=O)Nc1cc(C(F)(F)F)cc(C(F)(F)F)c1. The summed E-state index contributed by atoms with van der Waals surface area (Å²) in [5, 5.41) is 3.17. The Balaban J connectivity index is 1.56. The lowest BCUT2D eigenvalue weighted by atomic mass is 10.1. The molecule has 6 nitrogen and oxygen atoms in total. The highest BCUT2D eigenvalue weighted by Gasteiger charge is 2.37. The number of hydrogen-bond acceptors (Lipinski definition) is 2. The Labute approximate surface area is 250 Å². The number of nitrogens with one attached hydrogen (secondary N) is 2. The van der Waals surface area contributed by atoms with Gasteiger partial charge < -0.3 is 20.1 Å². The number of aromatic amines is 1. The number of alkyl halides is 6. The van der Waals surface area contributed by atoms with Gasteiger partial charge in [0.05, 0.1) is 11.1 Å². The molecule has 44 heavy (non-hydrogen) atoms. The van der Waals surface area contributed by atoms with E-state index < -0.39 is 47.6 Å². The molecule has 2 N–H and O–H groups in total. The number of halogens is 6. The van der Waals surface area contributed by atoms with Gasteiger partial charge in [-0.1, -0.05) is 62.4 Å². The van der Waals surface area contributed by atoms with Crippen molar-refractivity contribution >= 4 is 28.5 Å². The lowest BCUT2D eigenvalue weighted by molar-refractivity contribution is -0.143. The summed E-state index contributed by atoms with van der Waals surface area (Å²) in [6, 6.07) is 16.8. The highest BCUT2D eigenvalue weighted by molar-refractivity contribution is 5.92. The summed E-state index contributed by atoms with van der Waals surface area (Å²) in [5.41, 5.74) is -0.997. The molecule has 0 aliphatic rings. The lowest BCUT2D eigenvalue weighted by Crippen LogP contribution is -2.46. The molecule has 0 unspecified atom stereocenters. The molecule has 3 amide bonds. The second-order valence-corrected chi connectivity index (χ2v) is 10.9. The van der Waals surface area contributed by atoms with Crippen molar-refractivity contribution in [3.8, 4) is 0 Å². The minimum Gasteiger partial charge on any atom is -0.361 e. The highest BCUT2D eigenvalue weighted by Crippen LogP contribution is 2.37. The van der Waals surface area contributed by atoms with Gasteiger partial charge in [0.25, 0.3) is 0 Å². The van der Waals surface area contributed by atoms with Crippen LogP contribution in [0.25, 0.3) is 10.9 Å². The number of benzene rings is 3. The molecule has 0 saturated heterocycles. The third kappa shape index (κ3) is 8.55. The summed E-state index contributed by atoms with van der Waals surface area (Å²) in [4.78, 5) is 32.8. The first kappa shape index (κ1) is 32.4. The predicted octanol–water partition coefficient (Wildman–Crippen LogP) is 7.97. The van der Waals surface area contributed by atoms with Crippen LogP contribution < -0.4 is 5.32 Å². The van der Waals surface area contributed by atoms with Gasteiger partial charge >= 0.3 is 18.4 Å². The second kappa shape index (κ2) is 13.4. The molecule has 0 saturated carbocycles. The third-order valence-corrected chi connectivity index (χ3v) is 6.93. The summed E-state index contributed by atoms with van der Waals surface area (Å²) in [7, 11) is 0. The topological polar surface area (TPSA) is 68.4 Å². The van der Waals surface area contributed by atoms with Gasteiger partial charge in [0.1, 0.15) is 6.54 Å². The molecule has 0 bridgehead atoms. The van der Waals surface area contributed by atoms with Gasteiger partial charge in [-0.05, 0) is 47.7 Å². The first-order chi connectivity index (χ1) is 20.7. The fourth-order valence-electron chi connectivity index (χ4n) is 4.84. The Morgan fingerprint density at radius 3 is 2.07 bits per heavy atom. The molecule has 0 aliphatic carbocycles.